The number of aliphatic hydroxyl groups is 2. The number of carbonyl (C=O) groups excluding carboxylic acids is 2. The van der Waals surface area contributed by atoms with Gasteiger partial charge in [-0.2, -0.15) is 0 Å². The first-order valence-corrected chi connectivity index (χ1v) is 7.41. The third-order valence-corrected chi connectivity index (χ3v) is 4.76. The number of carbonyl (C=O) groups is 2. The minimum Gasteiger partial charge on any atom is -0.395 e. The van der Waals surface area contributed by atoms with E-state index in [4.69, 9.17) is 5.11 Å². The van der Waals surface area contributed by atoms with Crippen molar-refractivity contribution in [3.63, 3.8) is 0 Å². The van der Waals surface area contributed by atoms with Gasteiger partial charge >= 0.3 is 0 Å². The van der Waals surface area contributed by atoms with Gasteiger partial charge in [0.2, 0.25) is 5.91 Å². The summed E-state index contributed by atoms with van der Waals surface area (Å²) in [4.78, 5) is 23.6. The summed E-state index contributed by atoms with van der Waals surface area (Å²) in [6, 6.07) is 0. The Morgan fingerprint density at radius 2 is 2.29 bits per heavy atom. The molecule has 0 aromatic carbocycles. The van der Waals surface area contributed by atoms with Crippen LogP contribution in [0.1, 0.15) is 26.7 Å². The maximum atomic E-state index is 12.0. The van der Waals surface area contributed by atoms with Crippen LogP contribution in [0.5, 0.6) is 0 Å². The van der Waals surface area contributed by atoms with Gasteiger partial charge in [0.1, 0.15) is 0 Å². The van der Waals surface area contributed by atoms with Crippen LogP contribution in [-0.2, 0) is 9.59 Å². The van der Waals surface area contributed by atoms with Gasteiger partial charge in [-0.25, -0.2) is 0 Å². The number of nitrogens with one attached hydrogen (secondary N) is 1. The summed E-state index contributed by atoms with van der Waals surface area (Å²) in [7, 11) is 0. The normalized spacial score (nSPS) is 33.1. The highest BCUT2D eigenvalue weighted by molar-refractivity contribution is 6.01. The first-order chi connectivity index (χ1) is 9.89. The largest absolute Gasteiger partial charge is 0.395 e. The van der Waals surface area contributed by atoms with Gasteiger partial charge in [-0.05, 0) is 30.6 Å². The number of rotatable bonds is 4. The van der Waals surface area contributed by atoms with Crippen molar-refractivity contribution in [1.29, 1.82) is 0 Å². The molecule has 116 valence electrons. The fourth-order valence-corrected chi connectivity index (χ4v) is 3.29. The molecule has 2 aliphatic rings. The number of allylic oxidation sites excluding steroid dienone is 3. The standard InChI is InChI=1S/C16H23NO4/c1-10(15(21)17-7-8-18)12-4-6-16(2)5-3-11(19)9-13(16)14(12)20/h3,5,9-10,12,14,18,20H,4,6-8H2,1-2H3,(H,17,21). The maximum Gasteiger partial charge on any atom is 0.223 e. The van der Waals surface area contributed by atoms with Gasteiger partial charge in [-0.1, -0.05) is 19.9 Å². The van der Waals surface area contributed by atoms with Crippen molar-refractivity contribution in [2.45, 2.75) is 32.8 Å². The molecule has 0 aromatic rings. The van der Waals surface area contributed by atoms with Gasteiger partial charge in [0.05, 0.1) is 12.7 Å². The second kappa shape index (κ2) is 6.12. The lowest BCUT2D eigenvalue weighted by atomic mass is 9.62. The van der Waals surface area contributed by atoms with E-state index in [0.717, 1.165) is 12.8 Å². The van der Waals surface area contributed by atoms with Crippen LogP contribution in [0.15, 0.2) is 23.8 Å². The smallest absolute Gasteiger partial charge is 0.223 e. The molecule has 3 N–H and O–H groups in total. The molecule has 2 rings (SSSR count). The molecule has 0 heterocycles. The number of hydrogen-bond donors (Lipinski definition) is 3. The highest BCUT2D eigenvalue weighted by atomic mass is 16.3. The van der Waals surface area contributed by atoms with Crippen LogP contribution < -0.4 is 5.32 Å². The van der Waals surface area contributed by atoms with Crippen LogP contribution in [0, 0.1) is 17.3 Å². The summed E-state index contributed by atoms with van der Waals surface area (Å²) in [5.74, 6) is -0.852. The summed E-state index contributed by atoms with van der Waals surface area (Å²) in [6.07, 6.45) is 5.67. The first kappa shape index (κ1) is 15.9. The van der Waals surface area contributed by atoms with Gasteiger partial charge in [-0.15, -0.1) is 0 Å². The molecule has 4 atom stereocenters. The van der Waals surface area contributed by atoms with E-state index >= 15 is 0 Å². The highest BCUT2D eigenvalue weighted by Gasteiger charge is 2.44. The van der Waals surface area contributed by atoms with Gasteiger partial charge in [-0.3, -0.25) is 9.59 Å². The first-order valence-electron chi connectivity index (χ1n) is 7.41. The number of aliphatic hydroxyl groups excluding tert-OH is 2. The highest BCUT2D eigenvalue weighted by Crippen LogP contribution is 2.47. The lowest BCUT2D eigenvalue weighted by Crippen LogP contribution is -2.45. The molecule has 0 aromatic heterocycles. The molecule has 4 unspecified atom stereocenters. The van der Waals surface area contributed by atoms with Crippen molar-refractivity contribution in [3.05, 3.63) is 23.8 Å². The molecular formula is C16H23NO4. The third-order valence-electron chi connectivity index (χ3n) is 4.76. The van der Waals surface area contributed by atoms with Gasteiger partial charge in [0.25, 0.3) is 0 Å². The van der Waals surface area contributed by atoms with E-state index < -0.39 is 6.10 Å². The lowest BCUT2D eigenvalue weighted by molar-refractivity contribution is -0.128. The Kier molecular flexibility index (Phi) is 4.64. The predicted molar refractivity (Wildman–Crippen MR) is 78.3 cm³/mol. The summed E-state index contributed by atoms with van der Waals surface area (Å²) in [5, 5.41) is 22.0. The van der Waals surface area contributed by atoms with Crippen molar-refractivity contribution in [1.82, 2.24) is 5.32 Å². The molecule has 0 saturated heterocycles. The van der Waals surface area contributed by atoms with Crippen molar-refractivity contribution < 1.29 is 19.8 Å². The predicted octanol–water partition coefficient (Wildman–Crippen LogP) is 0.573. The average Bonchev–Trinajstić information content (AvgIpc) is 2.46. The molecule has 2 aliphatic carbocycles. The number of ketones is 1. The zero-order valence-electron chi connectivity index (χ0n) is 12.5. The van der Waals surface area contributed by atoms with E-state index in [2.05, 4.69) is 5.32 Å². The molecular weight excluding hydrogens is 270 g/mol. The van der Waals surface area contributed by atoms with E-state index in [9.17, 15) is 14.7 Å². The minimum absolute atomic E-state index is 0.103. The summed E-state index contributed by atoms with van der Waals surface area (Å²) in [6.45, 7) is 3.91. The average molecular weight is 293 g/mol. The summed E-state index contributed by atoms with van der Waals surface area (Å²) < 4.78 is 0. The molecule has 0 aliphatic heterocycles. The van der Waals surface area contributed by atoms with Gasteiger partial charge in [0, 0.05) is 23.8 Å². The van der Waals surface area contributed by atoms with E-state index in [1.54, 1.807) is 13.0 Å². The van der Waals surface area contributed by atoms with Crippen LogP contribution in [0.3, 0.4) is 0 Å². The molecule has 0 radical (unpaired) electrons. The molecule has 1 amide bonds. The topological polar surface area (TPSA) is 86.6 Å². The molecule has 1 fully saturated rings. The SMILES string of the molecule is CC(C(=O)NCCO)C1CCC2(C)C=CC(=O)C=C2C1O. The van der Waals surface area contributed by atoms with Crippen LogP contribution in [-0.4, -0.2) is 41.2 Å². The fraction of sp³-hybridized carbons (Fsp3) is 0.625. The number of fused-ring (bicyclic) bond motifs is 1. The Balaban J connectivity index is 2.14. The van der Waals surface area contributed by atoms with Crippen molar-refractivity contribution in [2.75, 3.05) is 13.2 Å². The second-order valence-electron chi connectivity index (χ2n) is 6.20. The van der Waals surface area contributed by atoms with E-state index in [1.807, 2.05) is 13.0 Å². The summed E-state index contributed by atoms with van der Waals surface area (Å²) in [5.41, 5.74) is 0.429. The number of hydrogen-bond acceptors (Lipinski definition) is 4. The zero-order chi connectivity index (χ0) is 15.6. The van der Waals surface area contributed by atoms with E-state index in [1.165, 1.54) is 6.08 Å². The maximum absolute atomic E-state index is 12.0. The quantitative estimate of drug-likeness (QED) is 0.707. The van der Waals surface area contributed by atoms with Crippen LogP contribution in [0.4, 0.5) is 0 Å². The van der Waals surface area contributed by atoms with Gasteiger partial charge in [0.15, 0.2) is 5.78 Å². The van der Waals surface area contributed by atoms with Crippen molar-refractivity contribution in [3.8, 4) is 0 Å². The summed E-state index contributed by atoms with van der Waals surface area (Å²) >= 11 is 0. The van der Waals surface area contributed by atoms with E-state index in [0.29, 0.717) is 5.57 Å². The van der Waals surface area contributed by atoms with Crippen LogP contribution in [0.2, 0.25) is 0 Å². The Morgan fingerprint density at radius 3 is 2.95 bits per heavy atom. The van der Waals surface area contributed by atoms with E-state index in [-0.39, 0.29) is 42.1 Å². The molecule has 5 heteroatoms. The number of amides is 1. The van der Waals surface area contributed by atoms with Gasteiger partial charge < -0.3 is 15.5 Å². The zero-order valence-corrected chi connectivity index (χ0v) is 12.5. The van der Waals surface area contributed by atoms with Crippen molar-refractivity contribution >= 4 is 11.7 Å². The third kappa shape index (κ3) is 3.09. The van der Waals surface area contributed by atoms with Crippen LogP contribution >= 0.6 is 0 Å². The van der Waals surface area contributed by atoms with Crippen molar-refractivity contribution in [2.24, 2.45) is 17.3 Å². The van der Waals surface area contributed by atoms with Crippen LogP contribution in [0.25, 0.3) is 0 Å². The monoisotopic (exact) mass is 293 g/mol. The Bertz CT molecular complexity index is 497. The Morgan fingerprint density at radius 1 is 1.57 bits per heavy atom. The second-order valence-corrected chi connectivity index (χ2v) is 6.20. The molecule has 0 spiro atoms. The lowest BCUT2D eigenvalue weighted by Gasteiger charge is -2.44. The minimum atomic E-state index is -0.785. The Labute approximate surface area is 124 Å². The molecule has 1 saturated carbocycles. The molecule has 0 bridgehead atoms. The Hall–Kier alpha value is -1.46. The molecule has 5 nitrogen and oxygen atoms in total. The molecule has 21 heavy (non-hydrogen) atoms. The fourth-order valence-electron chi connectivity index (χ4n) is 3.29.